The lowest BCUT2D eigenvalue weighted by Crippen LogP contribution is -2.43. The first-order valence-electron chi connectivity index (χ1n) is 4.70. The first kappa shape index (κ1) is 13.6. The van der Waals surface area contributed by atoms with Gasteiger partial charge < -0.3 is 10.1 Å². The Labute approximate surface area is 87.9 Å². The molecular formula is C9H19NO3S. The van der Waals surface area contributed by atoms with Crippen molar-refractivity contribution >= 4 is 16.8 Å². The zero-order valence-corrected chi connectivity index (χ0v) is 10.0. The molecule has 14 heavy (non-hydrogen) atoms. The Bertz CT molecular complexity index is 208. The van der Waals surface area contributed by atoms with Crippen molar-refractivity contribution in [2.24, 2.45) is 0 Å². The first-order chi connectivity index (χ1) is 6.47. The topological polar surface area (TPSA) is 55.4 Å². The fraction of sp³-hybridized carbons (Fsp3) is 0.889. The molecule has 1 N–H and O–H groups in total. The second kappa shape index (κ2) is 6.95. The van der Waals surface area contributed by atoms with Crippen LogP contribution < -0.4 is 5.32 Å². The van der Waals surface area contributed by atoms with Gasteiger partial charge in [-0.1, -0.05) is 0 Å². The highest BCUT2D eigenvalue weighted by Crippen LogP contribution is 1.93. The maximum Gasteiger partial charge on any atom is 0.322 e. The van der Waals surface area contributed by atoms with E-state index in [2.05, 4.69) is 5.32 Å². The third kappa shape index (κ3) is 6.10. The third-order valence-corrected chi connectivity index (χ3v) is 2.63. The van der Waals surface area contributed by atoms with Crippen molar-refractivity contribution in [2.45, 2.75) is 32.9 Å². The van der Waals surface area contributed by atoms with E-state index in [4.69, 9.17) is 4.74 Å². The van der Waals surface area contributed by atoms with Gasteiger partial charge in [0, 0.05) is 28.9 Å². The van der Waals surface area contributed by atoms with Gasteiger partial charge in [0.15, 0.2) is 0 Å². The summed E-state index contributed by atoms with van der Waals surface area (Å²) in [6.45, 7) is 5.80. The largest absolute Gasteiger partial charge is 0.465 e. The second-order valence-electron chi connectivity index (χ2n) is 3.28. The fourth-order valence-corrected chi connectivity index (χ4v) is 1.96. The summed E-state index contributed by atoms with van der Waals surface area (Å²) in [5.74, 6) is 0.283. The number of rotatable bonds is 6. The van der Waals surface area contributed by atoms with Crippen molar-refractivity contribution in [3.63, 3.8) is 0 Å². The number of ether oxygens (including phenoxy) is 1. The lowest BCUT2D eigenvalue weighted by Gasteiger charge is -2.17. The number of nitrogens with one attached hydrogen (secondary N) is 1. The number of hydrogen-bond donors (Lipinski definition) is 1. The summed E-state index contributed by atoms with van der Waals surface area (Å²) in [5.41, 5.74) is 0. The molecule has 0 aromatic heterocycles. The van der Waals surface area contributed by atoms with Crippen LogP contribution in [0, 0.1) is 0 Å². The van der Waals surface area contributed by atoms with Crippen LogP contribution in [0.4, 0.5) is 0 Å². The lowest BCUT2D eigenvalue weighted by atomic mass is 10.3. The number of hydrogen-bond acceptors (Lipinski definition) is 4. The Morgan fingerprint density at radius 2 is 2.07 bits per heavy atom. The quantitative estimate of drug-likeness (QED) is 0.655. The Morgan fingerprint density at radius 1 is 1.50 bits per heavy atom. The van der Waals surface area contributed by atoms with Crippen LogP contribution in [0.15, 0.2) is 0 Å². The van der Waals surface area contributed by atoms with Crippen LogP contribution in [0.2, 0.25) is 0 Å². The van der Waals surface area contributed by atoms with Crippen LogP contribution in [0.1, 0.15) is 20.8 Å². The van der Waals surface area contributed by atoms with Gasteiger partial charge in [0.05, 0.1) is 6.61 Å². The number of carbonyl (C=O) groups excluding carboxylic acids is 1. The first-order valence-corrected chi connectivity index (χ1v) is 6.42. The Hall–Kier alpha value is -0.420. The molecule has 0 radical (unpaired) electrons. The van der Waals surface area contributed by atoms with E-state index in [9.17, 15) is 9.00 Å². The second-order valence-corrected chi connectivity index (χ2v) is 4.76. The number of carbonyl (C=O) groups is 1. The van der Waals surface area contributed by atoms with Gasteiger partial charge in [-0.05, 0) is 20.8 Å². The monoisotopic (exact) mass is 221 g/mol. The molecule has 5 heteroatoms. The van der Waals surface area contributed by atoms with E-state index in [1.807, 2.05) is 6.92 Å². The highest BCUT2D eigenvalue weighted by atomic mass is 32.2. The van der Waals surface area contributed by atoms with Crippen LogP contribution in [0.5, 0.6) is 0 Å². The summed E-state index contributed by atoms with van der Waals surface area (Å²) < 4.78 is 15.7. The molecule has 0 aliphatic heterocycles. The zero-order valence-electron chi connectivity index (χ0n) is 9.20. The highest BCUT2D eigenvalue weighted by Gasteiger charge is 2.16. The Balaban J connectivity index is 3.86. The van der Waals surface area contributed by atoms with Crippen LogP contribution in [-0.2, 0) is 20.3 Å². The van der Waals surface area contributed by atoms with Crippen LogP contribution in [-0.4, -0.2) is 40.9 Å². The highest BCUT2D eigenvalue weighted by molar-refractivity contribution is 7.84. The van der Waals surface area contributed by atoms with Gasteiger partial charge in [-0.25, -0.2) is 0 Å². The van der Waals surface area contributed by atoms with E-state index in [1.165, 1.54) is 0 Å². The summed E-state index contributed by atoms with van der Waals surface area (Å²) >= 11 is 0. The average molecular weight is 221 g/mol. The molecule has 0 heterocycles. The van der Waals surface area contributed by atoms with Crippen LogP contribution >= 0.6 is 0 Å². The van der Waals surface area contributed by atoms with Gasteiger partial charge in [-0.3, -0.25) is 9.00 Å². The van der Waals surface area contributed by atoms with E-state index in [0.29, 0.717) is 12.4 Å². The van der Waals surface area contributed by atoms with Crippen molar-refractivity contribution in [1.29, 1.82) is 0 Å². The normalized spacial score (nSPS) is 17.1. The van der Waals surface area contributed by atoms with E-state index in [0.717, 1.165) is 0 Å². The van der Waals surface area contributed by atoms with E-state index in [1.54, 1.807) is 20.1 Å². The summed E-state index contributed by atoms with van der Waals surface area (Å²) in [6, 6.07) is -0.284. The van der Waals surface area contributed by atoms with Gasteiger partial charge in [0.1, 0.15) is 6.04 Å². The molecule has 0 fully saturated rings. The fourth-order valence-electron chi connectivity index (χ4n) is 1.16. The van der Waals surface area contributed by atoms with Crippen LogP contribution in [0.3, 0.4) is 0 Å². The zero-order chi connectivity index (χ0) is 11.1. The Kier molecular flexibility index (Phi) is 6.74. The van der Waals surface area contributed by atoms with Crippen molar-refractivity contribution in [3.05, 3.63) is 0 Å². The average Bonchev–Trinajstić information content (AvgIpc) is 2.02. The maximum absolute atomic E-state index is 11.2. The summed E-state index contributed by atoms with van der Waals surface area (Å²) in [7, 11) is -0.844. The maximum atomic E-state index is 11.2. The molecule has 0 saturated carbocycles. The standard InChI is InChI=1S/C9H19NO3S/c1-5-13-9(11)8(3)10-7(2)6-14(4)12/h7-8,10H,5-6H2,1-4H3. The summed E-state index contributed by atoms with van der Waals surface area (Å²) in [4.78, 5) is 11.2. The number of esters is 1. The predicted octanol–water partition coefficient (Wildman–Crippen LogP) is 0.295. The Morgan fingerprint density at radius 3 is 2.50 bits per heavy atom. The molecule has 0 bridgehead atoms. The summed E-state index contributed by atoms with van der Waals surface area (Å²) in [5, 5.41) is 3.03. The predicted molar refractivity (Wildman–Crippen MR) is 57.6 cm³/mol. The molecule has 0 aromatic rings. The molecule has 4 nitrogen and oxygen atoms in total. The van der Waals surface area contributed by atoms with Crippen molar-refractivity contribution in [2.75, 3.05) is 18.6 Å². The van der Waals surface area contributed by atoms with Gasteiger partial charge in [0.2, 0.25) is 0 Å². The molecule has 0 aromatic carbocycles. The van der Waals surface area contributed by atoms with Crippen molar-refractivity contribution < 1.29 is 13.7 Å². The molecule has 0 spiro atoms. The molecule has 0 saturated heterocycles. The van der Waals surface area contributed by atoms with Gasteiger partial charge >= 0.3 is 5.97 Å². The van der Waals surface area contributed by atoms with E-state index in [-0.39, 0.29) is 18.1 Å². The minimum Gasteiger partial charge on any atom is -0.465 e. The smallest absolute Gasteiger partial charge is 0.322 e. The summed E-state index contributed by atoms with van der Waals surface area (Å²) in [6.07, 6.45) is 1.65. The lowest BCUT2D eigenvalue weighted by molar-refractivity contribution is -0.145. The van der Waals surface area contributed by atoms with Gasteiger partial charge in [0.25, 0.3) is 0 Å². The molecular weight excluding hydrogens is 202 g/mol. The molecule has 0 amide bonds. The molecule has 84 valence electrons. The van der Waals surface area contributed by atoms with E-state index >= 15 is 0 Å². The molecule has 0 aliphatic carbocycles. The van der Waals surface area contributed by atoms with Gasteiger partial charge in [-0.2, -0.15) is 0 Å². The van der Waals surface area contributed by atoms with Gasteiger partial charge in [-0.15, -0.1) is 0 Å². The third-order valence-electron chi connectivity index (χ3n) is 1.66. The van der Waals surface area contributed by atoms with Crippen molar-refractivity contribution in [1.82, 2.24) is 5.32 Å². The molecule has 0 rings (SSSR count). The van der Waals surface area contributed by atoms with Crippen LogP contribution in [0.25, 0.3) is 0 Å². The minimum atomic E-state index is -0.844. The van der Waals surface area contributed by atoms with Crippen molar-refractivity contribution in [3.8, 4) is 0 Å². The molecule has 0 aliphatic rings. The molecule has 3 atom stereocenters. The molecule has 3 unspecified atom stereocenters. The SMILES string of the molecule is CCOC(=O)C(C)NC(C)CS(C)=O. The van der Waals surface area contributed by atoms with E-state index < -0.39 is 10.8 Å². The minimum absolute atomic E-state index is 0.0558.